The summed E-state index contributed by atoms with van der Waals surface area (Å²) in [6, 6.07) is 24.9. The summed E-state index contributed by atoms with van der Waals surface area (Å²) in [4.78, 5) is 28.3. The molecule has 2 atom stereocenters. The zero-order valence-electron chi connectivity index (χ0n) is 22.7. The Morgan fingerprint density at radius 1 is 0.838 bits per heavy atom. The van der Waals surface area contributed by atoms with Crippen LogP contribution in [0.1, 0.15) is 58.2 Å². The van der Waals surface area contributed by atoms with Crippen molar-refractivity contribution in [1.82, 2.24) is 0 Å². The Balaban J connectivity index is 1.53. The molecule has 1 amide bonds. The van der Waals surface area contributed by atoms with Gasteiger partial charge in [0.25, 0.3) is 0 Å². The van der Waals surface area contributed by atoms with Crippen LogP contribution in [0.15, 0.2) is 78.9 Å². The number of β-lactam (4-membered cyclic amide) rings is 1. The molecule has 1 saturated heterocycles. The molecule has 0 unspecified atom stereocenters. The first-order valence-corrected chi connectivity index (χ1v) is 12.8. The first-order valence-electron chi connectivity index (χ1n) is 12.8. The molecule has 0 aromatic heterocycles. The molecule has 3 aromatic carbocycles. The monoisotopic (exact) mass is 499 g/mol. The van der Waals surface area contributed by atoms with Crippen molar-refractivity contribution in [2.24, 2.45) is 5.92 Å². The molecule has 0 bridgehead atoms. The molecule has 3 aromatic rings. The van der Waals surface area contributed by atoms with Crippen LogP contribution >= 0.6 is 0 Å². The Kier molecular flexibility index (Phi) is 7.44. The molecule has 5 heteroatoms. The lowest BCUT2D eigenvalue weighted by Crippen LogP contribution is -2.66. The number of carbonyl (C=O) groups excluding carboxylic acids is 2. The van der Waals surface area contributed by atoms with E-state index in [4.69, 9.17) is 9.47 Å². The maximum absolute atomic E-state index is 13.4. The van der Waals surface area contributed by atoms with Gasteiger partial charge in [-0.05, 0) is 73.6 Å². The molecule has 0 spiro atoms. The minimum atomic E-state index is -0.680. The van der Waals surface area contributed by atoms with Crippen LogP contribution in [0.5, 0.6) is 5.75 Å². The van der Waals surface area contributed by atoms with Crippen LogP contribution in [0.3, 0.4) is 0 Å². The fourth-order valence-electron chi connectivity index (χ4n) is 4.55. The van der Waals surface area contributed by atoms with Crippen molar-refractivity contribution in [2.45, 2.75) is 71.6 Å². The SMILES string of the molecule is CC(C)(C)OC(=O)[C@@H]1[C@H](Cc2cccc(OCc3ccccc3)c2)C(=O)N1c1ccc(C(C)(C)C)cc1. The Labute approximate surface area is 220 Å². The summed E-state index contributed by atoms with van der Waals surface area (Å²) < 4.78 is 11.7. The molecule has 0 saturated carbocycles. The summed E-state index contributed by atoms with van der Waals surface area (Å²) in [7, 11) is 0. The number of carbonyl (C=O) groups is 2. The van der Waals surface area contributed by atoms with E-state index in [2.05, 4.69) is 20.8 Å². The number of hydrogen-bond acceptors (Lipinski definition) is 4. The maximum Gasteiger partial charge on any atom is 0.330 e. The topological polar surface area (TPSA) is 55.8 Å². The first-order chi connectivity index (χ1) is 17.4. The third-order valence-corrected chi connectivity index (χ3v) is 6.48. The maximum atomic E-state index is 13.4. The van der Waals surface area contributed by atoms with Gasteiger partial charge in [0.1, 0.15) is 24.0 Å². The summed E-state index contributed by atoms with van der Waals surface area (Å²) in [5.74, 6) is -0.221. The molecular formula is C32H37NO4. The molecule has 1 heterocycles. The van der Waals surface area contributed by atoms with Gasteiger partial charge in [-0.1, -0.05) is 75.4 Å². The van der Waals surface area contributed by atoms with E-state index in [1.54, 1.807) is 4.90 Å². The number of ether oxygens (including phenoxy) is 2. The van der Waals surface area contributed by atoms with Gasteiger partial charge in [-0.15, -0.1) is 0 Å². The zero-order valence-corrected chi connectivity index (χ0v) is 22.7. The van der Waals surface area contributed by atoms with Crippen molar-refractivity contribution in [3.05, 3.63) is 95.6 Å². The number of rotatable bonds is 7. The molecule has 37 heavy (non-hydrogen) atoms. The zero-order chi connectivity index (χ0) is 26.8. The molecule has 5 nitrogen and oxygen atoms in total. The molecule has 0 radical (unpaired) electrons. The number of esters is 1. The molecule has 4 rings (SSSR count). The molecule has 1 aliphatic heterocycles. The Morgan fingerprint density at radius 2 is 1.49 bits per heavy atom. The van der Waals surface area contributed by atoms with Crippen LogP contribution in [-0.4, -0.2) is 23.5 Å². The van der Waals surface area contributed by atoms with Crippen molar-refractivity contribution in [3.8, 4) is 5.75 Å². The van der Waals surface area contributed by atoms with Crippen molar-refractivity contribution < 1.29 is 19.1 Å². The molecule has 1 fully saturated rings. The fourth-order valence-corrected chi connectivity index (χ4v) is 4.55. The molecule has 0 aliphatic carbocycles. The molecule has 1 aliphatic rings. The smallest absolute Gasteiger partial charge is 0.330 e. The van der Waals surface area contributed by atoms with Gasteiger partial charge in [-0.25, -0.2) is 4.79 Å². The molecular weight excluding hydrogens is 462 g/mol. The highest BCUT2D eigenvalue weighted by atomic mass is 16.6. The molecule has 194 valence electrons. The third kappa shape index (κ3) is 6.40. The Hall–Kier alpha value is -3.60. The van der Waals surface area contributed by atoms with Gasteiger partial charge in [0, 0.05) is 5.69 Å². The molecule has 0 N–H and O–H groups in total. The standard InChI is InChI=1S/C32H37NO4/c1-31(2,3)24-15-17-25(18-16-24)33-28(30(35)37-32(4,5)6)27(29(33)34)20-23-13-10-14-26(19-23)36-21-22-11-8-7-9-12-22/h7-19,27-28H,20-21H2,1-6H3/t27-,28-/m0/s1. The van der Waals surface area contributed by atoms with Crippen LogP contribution in [0.4, 0.5) is 5.69 Å². The van der Waals surface area contributed by atoms with Crippen LogP contribution in [0.25, 0.3) is 0 Å². The number of hydrogen-bond donors (Lipinski definition) is 0. The second-order valence-electron chi connectivity index (χ2n) is 11.7. The van der Waals surface area contributed by atoms with Gasteiger partial charge in [0.05, 0.1) is 5.92 Å². The number of nitrogens with zero attached hydrogens (tertiary/aromatic N) is 1. The fraction of sp³-hybridized carbons (Fsp3) is 0.375. The van der Waals surface area contributed by atoms with Crippen LogP contribution in [-0.2, 0) is 32.8 Å². The van der Waals surface area contributed by atoms with E-state index in [0.717, 1.165) is 16.9 Å². The highest BCUT2D eigenvalue weighted by molar-refractivity contribution is 6.10. The van der Waals surface area contributed by atoms with Crippen molar-refractivity contribution >= 4 is 17.6 Å². The van der Waals surface area contributed by atoms with Gasteiger partial charge in [-0.2, -0.15) is 0 Å². The minimum Gasteiger partial charge on any atom is -0.489 e. The second-order valence-corrected chi connectivity index (χ2v) is 11.7. The van der Waals surface area contributed by atoms with Crippen molar-refractivity contribution in [2.75, 3.05) is 4.90 Å². The average molecular weight is 500 g/mol. The number of benzene rings is 3. The van der Waals surface area contributed by atoms with Crippen LogP contribution in [0.2, 0.25) is 0 Å². The summed E-state index contributed by atoms with van der Waals surface area (Å²) >= 11 is 0. The van der Waals surface area contributed by atoms with E-state index < -0.39 is 17.6 Å². The lowest BCUT2D eigenvalue weighted by molar-refractivity contribution is -0.163. The predicted octanol–water partition coefficient (Wildman–Crippen LogP) is 6.48. The number of anilines is 1. The largest absolute Gasteiger partial charge is 0.489 e. The number of amides is 1. The normalized spacial score (nSPS) is 17.8. The van der Waals surface area contributed by atoms with Gasteiger partial charge in [-0.3, -0.25) is 9.69 Å². The minimum absolute atomic E-state index is 0.00180. The summed E-state index contributed by atoms with van der Waals surface area (Å²) in [6.45, 7) is 12.4. The van der Waals surface area contributed by atoms with E-state index in [1.807, 2.05) is 99.6 Å². The van der Waals surface area contributed by atoms with E-state index in [0.29, 0.717) is 18.7 Å². The van der Waals surface area contributed by atoms with Gasteiger partial charge < -0.3 is 9.47 Å². The van der Waals surface area contributed by atoms with E-state index >= 15 is 0 Å². The van der Waals surface area contributed by atoms with E-state index in [1.165, 1.54) is 5.56 Å². The predicted molar refractivity (Wildman–Crippen MR) is 147 cm³/mol. The summed E-state index contributed by atoms with van der Waals surface area (Å²) in [6.07, 6.45) is 0.432. The van der Waals surface area contributed by atoms with Crippen LogP contribution < -0.4 is 9.64 Å². The highest BCUT2D eigenvalue weighted by Crippen LogP contribution is 2.37. The summed E-state index contributed by atoms with van der Waals surface area (Å²) in [5, 5.41) is 0. The Bertz CT molecular complexity index is 1240. The van der Waals surface area contributed by atoms with Crippen molar-refractivity contribution in [1.29, 1.82) is 0 Å². The first kappa shape index (κ1) is 26.5. The average Bonchev–Trinajstić information content (AvgIpc) is 2.83. The Morgan fingerprint density at radius 3 is 2.11 bits per heavy atom. The summed E-state index contributed by atoms with van der Waals surface area (Å²) in [5.41, 5.74) is 3.26. The second kappa shape index (κ2) is 10.4. The van der Waals surface area contributed by atoms with Gasteiger partial charge in [0.15, 0.2) is 0 Å². The third-order valence-electron chi connectivity index (χ3n) is 6.48. The van der Waals surface area contributed by atoms with Crippen molar-refractivity contribution in [3.63, 3.8) is 0 Å². The lowest BCUT2D eigenvalue weighted by Gasteiger charge is -2.46. The quantitative estimate of drug-likeness (QED) is 0.276. The van der Waals surface area contributed by atoms with Gasteiger partial charge in [0.2, 0.25) is 5.91 Å². The van der Waals surface area contributed by atoms with E-state index in [-0.39, 0.29) is 17.3 Å². The van der Waals surface area contributed by atoms with Gasteiger partial charge >= 0.3 is 5.97 Å². The lowest BCUT2D eigenvalue weighted by atomic mass is 9.81. The van der Waals surface area contributed by atoms with Crippen LogP contribution in [0, 0.1) is 5.92 Å². The van der Waals surface area contributed by atoms with E-state index in [9.17, 15) is 9.59 Å². The highest BCUT2D eigenvalue weighted by Gasteiger charge is 2.53.